The second-order valence-electron chi connectivity index (χ2n) is 8.06. The topological polar surface area (TPSA) is 51.1 Å². The highest BCUT2D eigenvalue weighted by molar-refractivity contribution is 8.18. The van der Waals surface area contributed by atoms with Crippen molar-refractivity contribution in [2.75, 3.05) is 13.2 Å². The molecule has 3 aromatic carbocycles. The van der Waals surface area contributed by atoms with Crippen LogP contribution in [0, 0.1) is 0 Å². The third-order valence-electron chi connectivity index (χ3n) is 5.34. The van der Waals surface area contributed by atoms with Gasteiger partial charge in [-0.3, -0.25) is 14.7 Å². The summed E-state index contributed by atoms with van der Waals surface area (Å²) in [7, 11) is 0. The number of rotatable bonds is 10. The van der Waals surface area contributed by atoms with Crippen LogP contribution in [0.25, 0.3) is 6.08 Å². The molecule has 0 aliphatic carbocycles. The van der Waals surface area contributed by atoms with Crippen molar-refractivity contribution in [1.82, 2.24) is 4.90 Å². The number of thioether (sulfide) groups is 1. The highest BCUT2D eigenvalue weighted by Gasteiger charge is 2.33. The lowest BCUT2D eigenvalue weighted by Crippen LogP contribution is -2.28. The number of hydrogen-bond donors (Lipinski definition) is 0. The number of aliphatic imine (C=N–C) groups is 1. The van der Waals surface area contributed by atoms with E-state index >= 15 is 0 Å². The van der Waals surface area contributed by atoms with Gasteiger partial charge in [0.1, 0.15) is 0 Å². The zero-order valence-electron chi connectivity index (χ0n) is 20.1. The number of carbonyl (C=O) groups excluding carboxylic acids is 1. The van der Waals surface area contributed by atoms with Gasteiger partial charge in [0.2, 0.25) is 0 Å². The number of amidine groups is 1. The minimum absolute atomic E-state index is 0.0464. The molecule has 1 saturated heterocycles. The second kappa shape index (κ2) is 12.3. The van der Waals surface area contributed by atoms with Crippen molar-refractivity contribution in [2.24, 2.45) is 4.99 Å². The van der Waals surface area contributed by atoms with E-state index in [4.69, 9.17) is 14.5 Å². The lowest BCUT2D eigenvalue weighted by Gasteiger charge is -2.15. The molecule has 5 nitrogen and oxygen atoms in total. The van der Waals surface area contributed by atoms with Crippen LogP contribution in [-0.4, -0.2) is 29.2 Å². The molecule has 35 heavy (non-hydrogen) atoms. The molecule has 1 amide bonds. The van der Waals surface area contributed by atoms with Crippen LogP contribution in [0.1, 0.15) is 37.0 Å². The van der Waals surface area contributed by atoms with Crippen LogP contribution in [-0.2, 0) is 17.9 Å². The quantitative estimate of drug-likeness (QED) is 0.305. The maximum atomic E-state index is 13.5. The highest BCUT2D eigenvalue weighted by Crippen LogP contribution is 2.36. The third kappa shape index (κ3) is 6.55. The monoisotopic (exact) mass is 486 g/mol. The Hall–Kier alpha value is -3.51. The Balaban J connectivity index is 1.62. The van der Waals surface area contributed by atoms with Crippen LogP contribution >= 0.6 is 11.8 Å². The molecular formula is C29H30N2O3S. The van der Waals surface area contributed by atoms with Gasteiger partial charge in [0, 0.05) is 0 Å². The van der Waals surface area contributed by atoms with Crippen molar-refractivity contribution in [3.8, 4) is 11.5 Å². The normalized spacial score (nSPS) is 15.7. The van der Waals surface area contributed by atoms with Gasteiger partial charge in [0.25, 0.3) is 5.91 Å². The Labute approximate surface area is 211 Å². The fourth-order valence-electron chi connectivity index (χ4n) is 3.64. The van der Waals surface area contributed by atoms with Crippen LogP contribution in [0.4, 0.5) is 0 Å². The molecule has 0 spiro atoms. The molecule has 1 heterocycles. The van der Waals surface area contributed by atoms with Gasteiger partial charge in [-0.15, -0.1) is 0 Å². The van der Waals surface area contributed by atoms with E-state index in [0.29, 0.717) is 42.1 Å². The summed E-state index contributed by atoms with van der Waals surface area (Å²) in [4.78, 5) is 20.7. The molecule has 1 fully saturated rings. The van der Waals surface area contributed by atoms with Gasteiger partial charge < -0.3 is 9.47 Å². The number of ether oxygens (including phenoxy) is 2. The molecule has 6 heteroatoms. The van der Waals surface area contributed by atoms with Gasteiger partial charge in [-0.2, -0.15) is 0 Å². The molecule has 0 unspecified atom stereocenters. The molecule has 0 radical (unpaired) electrons. The molecule has 0 atom stereocenters. The zero-order chi connectivity index (χ0) is 24.5. The SMILES string of the molecule is CCCOc1ccc(/C=C2/SC(=NCc3ccccc3)N(Cc3ccccc3)C2=O)cc1OCC. The van der Waals surface area contributed by atoms with Crippen molar-refractivity contribution in [3.05, 3.63) is 100 Å². The molecule has 0 aromatic heterocycles. The first-order valence-corrected chi connectivity index (χ1v) is 12.7. The summed E-state index contributed by atoms with van der Waals surface area (Å²) in [5, 5.41) is 0.710. The standard InChI is InChI=1S/C29H30N2O3S/c1-3-17-34-25-16-15-24(18-26(25)33-4-2)19-27-28(32)31(21-23-13-9-6-10-14-23)29(35-27)30-20-22-11-7-5-8-12-22/h5-16,18-19H,3-4,17,20-21H2,1-2H3/b27-19+,30-29?. The summed E-state index contributed by atoms with van der Waals surface area (Å²) in [5.74, 6) is 1.36. The summed E-state index contributed by atoms with van der Waals surface area (Å²) in [6.07, 6.45) is 2.83. The summed E-state index contributed by atoms with van der Waals surface area (Å²) in [6, 6.07) is 25.9. The summed E-state index contributed by atoms with van der Waals surface area (Å²) in [5.41, 5.74) is 3.05. The number of hydrogen-bond acceptors (Lipinski definition) is 5. The van der Waals surface area contributed by atoms with Gasteiger partial charge in [0.05, 0.1) is 31.2 Å². The van der Waals surface area contributed by atoms with E-state index in [1.54, 1.807) is 4.90 Å². The smallest absolute Gasteiger partial charge is 0.267 e. The van der Waals surface area contributed by atoms with Crippen LogP contribution in [0.5, 0.6) is 11.5 Å². The van der Waals surface area contributed by atoms with E-state index in [-0.39, 0.29) is 5.91 Å². The van der Waals surface area contributed by atoms with Gasteiger partial charge in [-0.05, 0) is 60.0 Å². The molecule has 0 N–H and O–H groups in total. The molecule has 0 saturated carbocycles. The van der Waals surface area contributed by atoms with Gasteiger partial charge in [0.15, 0.2) is 16.7 Å². The molecule has 0 bridgehead atoms. The molecule has 4 rings (SSSR count). The van der Waals surface area contributed by atoms with Crippen molar-refractivity contribution < 1.29 is 14.3 Å². The fourth-order valence-corrected chi connectivity index (χ4v) is 4.61. The van der Waals surface area contributed by atoms with Crippen LogP contribution in [0.15, 0.2) is 88.8 Å². The molecule has 180 valence electrons. The average molecular weight is 487 g/mol. The lowest BCUT2D eigenvalue weighted by molar-refractivity contribution is -0.122. The first kappa shape index (κ1) is 24.6. The van der Waals surface area contributed by atoms with E-state index in [1.165, 1.54) is 11.8 Å². The average Bonchev–Trinajstić information content (AvgIpc) is 3.17. The minimum atomic E-state index is -0.0464. The van der Waals surface area contributed by atoms with Crippen LogP contribution < -0.4 is 9.47 Å². The fraction of sp³-hybridized carbons (Fsp3) is 0.241. The van der Waals surface area contributed by atoms with Crippen molar-refractivity contribution in [2.45, 2.75) is 33.4 Å². The molecule has 3 aromatic rings. The minimum Gasteiger partial charge on any atom is -0.490 e. The highest BCUT2D eigenvalue weighted by atomic mass is 32.2. The summed E-state index contributed by atoms with van der Waals surface area (Å²) in [6.45, 7) is 6.18. The molecular weight excluding hydrogens is 456 g/mol. The van der Waals surface area contributed by atoms with Crippen molar-refractivity contribution in [1.29, 1.82) is 0 Å². The van der Waals surface area contributed by atoms with Gasteiger partial charge in [-0.1, -0.05) is 73.7 Å². The number of amides is 1. The predicted octanol–water partition coefficient (Wildman–Crippen LogP) is 6.55. The number of nitrogens with zero attached hydrogens (tertiary/aromatic N) is 2. The van der Waals surface area contributed by atoms with Crippen LogP contribution in [0.3, 0.4) is 0 Å². The van der Waals surface area contributed by atoms with Crippen molar-refractivity contribution >= 4 is 28.9 Å². The third-order valence-corrected chi connectivity index (χ3v) is 6.38. The molecule has 1 aliphatic heterocycles. The largest absolute Gasteiger partial charge is 0.490 e. The number of carbonyl (C=O) groups is 1. The van der Waals surface area contributed by atoms with E-state index < -0.39 is 0 Å². The van der Waals surface area contributed by atoms with Crippen molar-refractivity contribution in [3.63, 3.8) is 0 Å². The lowest BCUT2D eigenvalue weighted by atomic mass is 10.1. The number of benzene rings is 3. The summed E-state index contributed by atoms with van der Waals surface area (Å²) >= 11 is 1.41. The first-order chi connectivity index (χ1) is 17.2. The van der Waals surface area contributed by atoms with E-state index in [1.807, 2.05) is 91.9 Å². The second-order valence-corrected chi connectivity index (χ2v) is 9.07. The van der Waals surface area contributed by atoms with E-state index in [0.717, 1.165) is 28.9 Å². The predicted molar refractivity (Wildman–Crippen MR) is 144 cm³/mol. The summed E-state index contributed by atoms with van der Waals surface area (Å²) < 4.78 is 11.6. The maximum Gasteiger partial charge on any atom is 0.267 e. The van der Waals surface area contributed by atoms with Crippen LogP contribution in [0.2, 0.25) is 0 Å². The Morgan fingerprint density at radius 1 is 0.886 bits per heavy atom. The maximum absolute atomic E-state index is 13.5. The van der Waals surface area contributed by atoms with Gasteiger partial charge in [-0.25, -0.2) is 0 Å². The Morgan fingerprint density at radius 2 is 1.60 bits per heavy atom. The Kier molecular flexibility index (Phi) is 8.63. The van der Waals surface area contributed by atoms with Gasteiger partial charge >= 0.3 is 0 Å². The Morgan fingerprint density at radius 3 is 2.29 bits per heavy atom. The zero-order valence-corrected chi connectivity index (χ0v) is 21.0. The van der Waals surface area contributed by atoms with E-state index in [2.05, 4.69) is 6.92 Å². The first-order valence-electron chi connectivity index (χ1n) is 11.9. The van der Waals surface area contributed by atoms with E-state index in [9.17, 15) is 4.79 Å². The Bertz CT molecular complexity index is 1190. The molecule has 1 aliphatic rings.